The van der Waals surface area contributed by atoms with Crippen LogP contribution in [0, 0.1) is 11.8 Å². The Labute approximate surface area is 200 Å². The Morgan fingerprint density at radius 1 is 1.29 bits per heavy atom. The average molecular weight is 575 g/mol. The summed E-state index contributed by atoms with van der Waals surface area (Å²) in [4.78, 5) is 14.4. The number of nitrogens with one attached hydrogen (secondary N) is 1. The molecule has 0 aromatic carbocycles. The predicted octanol–water partition coefficient (Wildman–Crippen LogP) is 3.85. The Morgan fingerprint density at radius 3 is 2.77 bits per heavy atom. The van der Waals surface area contributed by atoms with Crippen molar-refractivity contribution < 1.29 is 8.42 Å². The van der Waals surface area contributed by atoms with Crippen molar-refractivity contribution in [1.29, 1.82) is 0 Å². The lowest BCUT2D eigenvalue weighted by Crippen LogP contribution is -2.31. The Kier molecular flexibility index (Phi) is 6.94. The van der Waals surface area contributed by atoms with E-state index in [4.69, 9.17) is 10.7 Å². The van der Waals surface area contributed by atoms with Crippen molar-refractivity contribution in [2.75, 3.05) is 12.3 Å². The highest BCUT2D eigenvalue weighted by Crippen LogP contribution is 2.46. The van der Waals surface area contributed by atoms with Gasteiger partial charge in [-0.15, -0.1) is 0 Å². The molecule has 0 radical (unpaired) electrons. The van der Waals surface area contributed by atoms with Gasteiger partial charge in [0, 0.05) is 21.6 Å². The summed E-state index contributed by atoms with van der Waals surface area (Å²) in [6.45, 7) is 4.27. The number of rotatable bonds is 8. The van der Waals surface area contributed by atoms with Crippen LogP contribution in [-0.4, -0.2) is 39.7 Å². The van der Waals surface area contributed by atoms with Crippen LogP contribution in [0.3, 0.4) is 0 Å². The van der Waals surface area contributed by atoms with Crippen molar-refractivity contribution in [3.05, 3.63) is 27.0 Å². The summed E-state index contributed by atoms with van der Waals surface area (Å²) < 4.78 is 30.0. The quantitative estimate of drug-likeness (QED) is 0.364. The van der Waals surface area contributed by atoms with Crippen LogP contribution in [0.15, 0.2) is 32.1 Å². The molecule has 2 aliphatic rings. The molecule has 2 aromatic rings. The fourth-order valence-electron chi connectivity index (χ4n) is 3.99. The molecular weight excluding hydrogens is 547 g/mol. The Balaban J connectivity index is 1.57. The first-order chi connectivity index (χ1) is 14.8. The van der Waals surface area contributed by atoms with Gasteiger partial charge in [-0.2, -0.15) is 0 Å². The van der Waals surface area contributed by atoms with Crippen molar-refractivity contribution >= 4 is 61.4 Å². The number of hydrogen-bond acceptors (Lipinski definition) is 7. The van der Waals surface area contributed by atoms with Gasteiger partial charge in [-0.3, -0.25) is 0 Å². The molecule has 2 aromatic heterocycles. The number of hydrogen-bond donors (Lipinski definition) is 2. The van der Waals surface area contributed by atoms with E-state index in [2.05, 4.69) is 49.4 Å². The van der Waals surface area contributed by atoms with Crippen LogP contribution in [0.2, 0.25) is 0 Å². The first-order valence-electron chi connectivity index (χ1n) is 10.5. The molecule has 8 nitrogen and oxygen atoms in total. The molecule has 0 saturated heterocycles. The van der Waals surface area contributed by atoms with Crippen LogP contribution in [0.25, 0.3) is 11.2 Å². The molecule has 0 aliphatic heterocycles. The first-order valence-corrected chi connectivity index (χ1v) is 13.9. The number of nitrogens with zero attached hydrogens (tertiary/aromatic N) is 4. The van der Waals surface area contributed by atoms with Gasteiger partial charge in [0.2, 0.25) is 10.0 Å². The van der Waals surface area contributed by atoms with Crippen molar-refractivity contribution in [2.24, 2.45) is 11.8 Å². The van der Waals surface area contributed by atoms with Gasteiger partial charge in [0.25, 0.3) is 0 Å². The SMILES string of the molecule is CC(C)S(=O)(=O)NCCCn1c(SC2=CC3CCCC3C=C2I)nc2c(N)ncnc21. The van der Waals surface area contributed by atoms with Gasteiger partial charge in [-0.25, -0.2) is 28.1 Å². The van der Waals surface area contributed by atoms with Crippen LogP contribution in [0.4, 0.5) is 5.82 Å². The third-order valence-corrected chi connectivity index (χ3v) is 10.0. The van der Waals surface area contributed by atoms with Gasteiger partial charge in [-0.05, 0) is 67.5 Å². The molecule has 0 spiro atoms. The second kappa shape index (κ2) is 9.36. The number of nitrogen functional groups attached to an aromatic ring is 1. The molecule has 0 bridgehead atoms. The molecule has 1 fully saturated rings. The van der Waals surface area contributed by atoms with E-state index in [0.717, 1.165) is 5.16 Å². The van der Waals surface area contributed by atoms with E-state index in [0.29, 0.717) is 48.3 Å². The molecule has 4 rings (SSSR count). The number of sulfonamides is 1. The normalized spacial score (nSPS) is 21.4. The molecule has 31 heavy (non-hydrogen) atoms. The lowest BCUT2D eigenvalue weighted by Gasteiger charge is -2.21. The minimum Gasteiger partial charge on any atom is -0.382 e. The summed E-state index contributed by atoms with van der Waals surface area (Å²) >= 11 is 4.04. The Morgan fingerprint density at radius 2 is 2.03 bits per heavy atom. The summed E-state index contributed by atoms with van der Waals surface area (Å²) in [7, 11) is -3.28. The first kappa shape index (κ1) is 23.0. The second-order valence-electron chi connectivity index (χ2n) is 8.22. The predicted molar refractivity (Wildman–Crippen MR) is 133 cm³/mol. The maximum atomic E-state index is 12.0. The number of thioether (sulfide) groups is 1. The van der Waals surface area contributed by atoms with E-state index >= 15 is 0 Å². The van der Waals surface area contributed by atoms with E-state index < -0.39 is 15.3 Å². The minimum absolute atomic E-state index is 0.352. The van der Waals surface area contributed by atoms with Gasteiger partial charge >= 0.3 is 0 Å². The zero-order valence-corrected chi connectivity index (χ0v) is 21.4. The molecule has 1 saturated carbocycles. The van der Waals surface area contributed by atoms with Gasteiger partial charge in [-0.1, -0.05) is 30.3 Å². The van der Waals surface area contributed by atoms with Crippen molar-refractivity contribution in [3.8, 4) is 0 Å². The highest BCUT2D eigenvalue weighted by molar-refractivity contribution is 14.1. The standard InChI is InChI=1S/C20H27IN6O2S2/c1-12(2)31(28,29)25-7-4-8-27-19-17(18(22)23-11-24-19)26-20(27)30-16-10-14-6-3-5-13(14)9-15(16)21/h9-14,25H,3-8H2,1-2H3,(H2,22,23,24). The summed E-state index contributed by atoms with van der Waals surface area (Å²) in [5.74, 6) is 1.62. The number of anilines is 1. The fraction of sp³-hybridized carbons (Fsp3) is 0.550. The largest absolute Gasteiger partial charge is 0.382 e. The number of fused-ring (bicyclic) bond motifs is 2. The molecule has 2 atom stereocenters. The monoisotopic (exact) mass is 574 g/mol. The fourth-order valence-corrected chi connectivity index (χ4v) is 6.75. The van der Waals surface area contributed by atoms with E-state index in [-0.39, 0.29) is 0 Å². The summed E-state index contributed by atoms with van der Waals surface area (Å²) in [6.07, 6.45) is 10.6. The van der Waals surface area contributed by atoms with Gasteiger partial charge in [0.1, 0.15) is 6.33 Å². The van der Waals surface area contributed by atoms with Gasteiger partial charge < -0.3 is 10.3 Å². The van der Waals surface area contributed by atoms with Gasteiger partial charge in [0.05, 0.1) is 5.25 Å². The average Bonchev–Trinajstić information content (AvgIpc) is 3.30. The lowest BCUT2D eigenvalue weighted by atomic mass is 9.92. The molecule has 2 heterocycles. The van der Waals surface area contributed by atoms with Crippen LogP contribution < -0.4 is 10.5 Å². The highest BCUT2D eigenvalue weighted by Gasteiger charge is 2.29. The zero-order valence-electron chi connectivity index (χ0n) is 17.6. The number of nitrogens with two attached hydrogens (primary N) is 1. The molecule has 2 aliphatic carbocycles. The molecule has 168 valence electrons. The van der Waals surface area contributed by atoms with Crippen LogP contribution in [0.5, 0.6) is 0 Å². The smallest absolute Gasteiger partial charge is 0.213 e. The van der Waals surface area contributed by atoms with E-state index in [1.54, 1.807) is 25.6 Å². The molecule has 11 heteroatoms. The maximum Gasteiger partial charge on any atom is 0.213 e. The van der Waals surface area contributed by atoms with Crippen molar-refractivity contribution in [3.63, 3.8) is 0 Å². The number of imidazole rings is 1. The van der Waals surface area contributed by atoms with Crippen LogP contribution in [0.1, 0.15) is 39.5 Å². The van der Waals surface area contributed by atoms with E-state index in [1.807, 2.05) is 4.57 Å². The van der Waals surface area contributed by atoms with Crippen LogP contribution in [-0.2, 0) is 16.6 Å². The van der Waals surface area contributed by atoms with E-state index in [9.17, 15) is 8.42 Å². The molecule has 3 N–H and O–H groups in total. The number of aromatic nitrogens is 4. The third-order valence-electron chi connectivity index (χ3n) is 5.79. The summed E-state index contributed by atoms with van der Waals surface area (Å²) in [5.41, 5.74) is 7.32. The number of allylic oxidation sites excluding steroid dienone is 3. The van der Waals surface area contributed by atoms with Crippen molar-refractivity contribution in [1.82, 2.24) is 24.2 Å². The zero-order chi connectivity index (χ0) is 22.2. The minimum atomic E-state index is -3.28. The topological polar surface area (TPSA) is 116 Å². The van der Waals surface area contributed by atoms with E-state index in [1.165, 1.54) is 34.1 Å². The molecular formula is C20H27IN6O2S2. The Bertz CT molecular complexity index is 1140. The third kappa shape index (κ3) is 4.93. The second-order valence-corrected chi connectivity index (χ2v) is 12.7. The maximum absolute atomic E-state index is 12.0. The number of aryl methyl sites for hydroxylation is 1. The van der Waals surface area contributed by atoms with Crippen LogP contribution >= 0.6 is 34.4 Å². The molecule has 2 unspecified atom stereocenters. The van der Waals surface area contributed by atoms with Gasteiger partial charge in [0.15, 0.2) is 22.1 Å². The summed E-state index contributed by atoms with van der Waals surface area (Å²) in [6, 6.07) is 0. The number of halogens is 1. The Hall–Kier alpha value is -1.18. The molecule has 0 amide bonds. The van der Waals surface area contributed by atoms with Crippen molar-refractivity contribution in [2.45, 2.75) is 56.5 Å². The highest BCUT2D eigenvalue weighted by atomic mass is 127. The lowest BCUT2D eigenvalue weighted by molar-refractivity contribution is 0.550. The summed E-state index contributed by atoms with van der Waals surface area (Å²) in [5, 5.41) is 0.353.